The Morgan fingerprint density at radius 3 is 2.53 bits per heavy atom. The van der Waals surface area contributed by atoms with Crippen LogP contribution in [0.3, 0.4) is 0 Å². The van der Waals surface area contributed by atoms with Crippen LogP contribution < -0.4 is 5.32 Å². The highest BCUT2D eigenvalue weighted by atomic mass is 16.5. The number of likely N-dealkylation sites (N-methyl/N-ethyl adjacent to an activating group) is 1. The summed E-state index contributed by atoms with van der Waals surface area (Å²) >= 11 is 0. The van der Waals surface area contributed by atoms with Crippen LogP contribution in [0.1, 0.15) is 76.9 Å². The van der Waals surface area contributed by atoms with Crippen molar-refractivity contribution in [1.82, 2.24) is 15.5 Å². The van der Waals surface area contributed by atoms with Gasteiger partial charge in [0.05, 0.1) is 5.92 Å². The molecule has 4 nitrogen and oxygen atoms in total. The molecule has 2 atom stereocenters. The largest absolute Gasteiger partial charge is 0.339 e. The Kier molecular flexibility index (Phi) is 4.97. The third kappa shape index (κ3) is 3.35. The van der Waals surface area contributed by atoms with Gasteiger partial charge >= 0.3 is 0 Å². The maximum absolute atomic E-state index is 5.57. The van der Waals surface area contributed by atoms with Gasteiger partial charge in [0, 0.05) is 12.0 Å². The molecular weight excluding hydrogens is 238 g/mol. The van der Waals surface area contributed by atoms with Crippen molar-refractivity contribution < 1.29 is 4.52 Å². The Bertz CT molecular complexity index is 382. The van der Waals surface area contributed by atoms with E-state index >= 15 is 0 Å². The Hall–Kier alpha value is -0.900. The lowest BCUT2D eigenvalue weighted by molar-refractivity contribution is 0.280. The van der Waals surface area contributed by atoms with Crippen LogP contribution in [-0.2, 0) is 0 Å². The summed E-state index contributed by atoms with van der Waals surface area (Å²) in [6, 6.07) is 0.363. The highest BCUT2D eigenvalue weighted by Gasteiger charge is 2.30. The molecule has 0 amide bonds. The number of rotatable bonds is 6. The summed E-state index contributed by atoms with van der Waals surface area (Å²) in [6.07, 6.45) is 5.04. The molecule has 4 heteroatoms. The van der Waals surface area contributed by atoms with Crippen LogP contribution in [0.25, 0.3) is 0 Å². The molecule has 1 aromatic heterocycles. The van der Waals surface area contributed by atoms with Gasteiger partial charge in [-0.05, 0) is 32.2 Å². The summed E-state index contributed by atoms with van der Waals surface area (Å²) in [4.78, 5) is 4.70. The third-order valence-electron chi connectivity index (χ3n) is 4.25. The molecule has 2 rings (SSSR count). The van der Waals surface area contributed by atoms with Gasteiger partial charge in [0.2, 0.25) is 5.89 Å². The monoisotopic (exact) mass is 265 g/mol. The van der Waals surface area contributed by atoms with Gasteiger partial charge in [0.1, 0.15) is 0 Å². The van der Waals surface area contributed by atoms with Crippen molar-refractivity contribution in [2.45, 2.75) is 71.3 Å². The van der Waals surface area contributed by atoms with Crippen LogP contribution in [0.4, 0.5) is 0 Å². The minimum absolute atomic E-state index is 0.294. The maximum Gasteiger partial charge on any atom is 0.231 e. The first-order valence-corrected chi connectivity index (χ1v) is 7.70. The molecule has 1 N–H and O–H groups in total. The summed E-state index contributed by atoms with van der Waals surface area (Å²) in [5.41, 5.74) is 0. The van der Waals surface area contributed by atoms with Crippen molar-refractivity contribution in [1.29, 1.82) is 0 Å². The highest BCUT2D eigenvalue weighted by Crippen LogP contribution is 2.34. The van der Waals surface area contributed by atoms with Crippen molar-refractivity contribution in [3.63, 3.8) is 0 Å². The number of nitrogens with one attached hydrogen (secondary N) is 1. The molecule has 1 saturated carbocycles. The van der Waals surface area contributed by atoms with E-state index in [0.717, 1.165) is 18.3 Å². The molecule has 0 aliphatic heterocycles. The molecule has 1 heterocycles. The standard InChI is InChI=1S/C15H27N3O/c1-5-16-11(4)13(10(2)3)15-17-14(18-19-15)12-8-6-7-9-12/h10-13,16H,5-9H2,1-4H3. The van der Waals surface area contributed by atoms with E-state index in [1.165, 1.54) is 25.7 Å². The summed E-state index contributed by atoms with van der Waals surface area (Å²) in [7, 11) is 0. The van der Waals surface area contributed by atoms with Gasteiger partial charge < -0.3 is 9.84 Å². The van der Waals surface area contributed by atoms with E-state index in [2.05, 4.69) is 38.2 Å². The van der Waals surface area contributed by atoms with Crippen molar-refractivity contribution in [2.24, 2.45) is 5.92 Å². The zero-order valence-corrected chi connectivity index (χ0v) is 12.6. The van der Waals surface area contributed by atoms with Crippen molar-refractivity contribution in [3.05, 3.63) is 11.7 Å². The molecule has 1 aromatic rings. The lowest BCUT2D eigenvalue weighted by Crippen LogP contribution is -2.34. The molecule has 19 heavy (non-hydrogen) atoms. The molecule has 2 unspecified atom stereocenters. The van der Waals surface area contributed by atoms with E-state index in [-0.39, 0.29) is 0 Å². The number of hydrogen-bond donors (Lipinski definition) is 1. The summed E-state index contributed by atoms with van der Waals surface area (Å²) in [6.45, 7) is 9.74. The van der Waals surface area contributed by atoms with Crippen molar-refractivity contribution >= 4 is 0 Å². The summed E-state index contributed by atoms with van der Waals surface area (Å²) in [5, 5.41) is 7.71. The van der Waals surface area contributed by atoms with Gasteiger partial charge in [-0.25, -0.2) is 0 Å². The average Bonchev–Trinajstić information content (AvgIpc) is 2.98. The summed E-state index contributed by atoms with van der Waals surface area (Å²) in [5.74, 6) is 3.06. The van der Waals surface area contributed by atoms with Gasteiger partial charge in [-0.1, -0.05) is 38.8 Å². The van der Waals surface area contributed by atoms with Crippen LogP contribution >= 0.6 is 0 Å². The first-order valence-electron chi connectivity index (χ1n) is 7.70. The molecule has 1 aliphatic carbocycles. The van der Waals surface area contributed by atoms with Gasteiger partial charge in [-0.2, -0.15) is 4.98 Å². The van der Waals surface area contributed by atoms with Gasteiger partial charge in [0.25, 0.3) is 0 Å². The number of aromatic nitrogens is 2. The number of nitrogens with zero attached hydrogens (tertiary/aromatic N) is 2. The van der Waals surface area contributed by atoms with Crippen molar-refractivity contribution in [2.75, 3.05) is 6.54 Å². The van der Waals surface area contributed by atoms with E-state index in [0.29, 0.717) is 23.8 Å². The molecule has 0 saturated heterocycles. The fourth-order valence-corrected chi connectivity index (χ4v) is 3.26. The van der Waals surface area contributed by atoms with Crippen molar-refractivity contribution in [3.8, 4) is 0 Å². The SMILES string of the molecule is CCNC(C)C(c1nc(C2CCCC2)no1)C(C)C. The molecule has 0 bridgehead atoms. The maximum atomic E-state index is 5.57. The Morgan fingerprint density at radius 1 is 1.26 bits per heavy atom. The van der Waals surface area contributed by atoms with E-state index in [9.17, 15) is 0 Å². The van der Waals surface area contributed by atoms with Gasteiger partial charge in [0.15, 0.2) is 5.82 Å². The smallest absolute Gasteiger partial charge is 0.231 e. The zero-order chi connectivity index (χ0) is 13.8. The fraction of sp³-hybridized carbons (Fsp3) is 0.867. The second-order valence-electron chi connectivity index (χ2n) is 6.09. The molecule has 0 aromatic carbocycles. The van der Waals surface area contributed by atoms with Crippen LogP contribution in [0.5, 0.6) is 0 Å². The Morgan fingerprint density at radius 2 is 1.95 bits per heavy atom. The molecule has 1 fully saturated rings. The van der Waals surface area contributed by atoms with Crippen LogP contribution in [0.15, 0.2) is 4.52 Å². The topological polar surface area (TPSA) is 51.0 Å². The van der Waals surface area contributed by atoms with Crippen LogP contribution in [0.2, 0.25) is 0 Å². The molecule has 1 aliphatic rings. The average molecular weight is 265 g/mol. The second kappa shape index (κ2) is 6.51. The van der Waals surface area contributed by atoms with Crippen LogP contribution in [-0.4, -0.2) is 22.7 Å². The molecule has 0 radical (unpaired) electrons. The predicted octanol–water partition coefficient (Wildman–Crippen LogP) is 3.46. The lowest BCUT2D eigenvalue weighted by atomic mass is 9.89. The van der Waals surface area contributed by atoms with E-state index in [4.69, 9.17) is 9.51 Å². The summed E-state index contributed by atoms with van der Waals surface area (Å²) < 4.78 is 5.57. The second-order valence-corrected chi connectivity index (χ2v) is 6.09. The van der Waals surface area contributed by atoms with E-state index in [1.54, 1.807) is 0 Å². The van der Waals surface area contributed by atoms with E-state index in [1.807, 2.05) is 0 Å². The number of hydrogen-bond acceptors (Lipinski definition) is 4. The van der Waals surface area contributed by atoms with Gasteiger partial charge in [-0.15, -0.1) is 0 Å². The predicted molar refractivity (Wildman–Crippen MR) is 76.2 cm³/mol. The quantitative estimate of drug-likeness (QED) is 0.855. The molecule has 0 spiro atoms. The lowest BCUT2D eigenvalue weighted by Gasteiger charge is -2.24. The third-order valence-corrected chi connectivity index (χ3v) is 4.25. The molecule has 108 valence electrons. The van der Waals surface area contributed by atoms with E-state index < -0.39 is 0 Å². The Labute approximate surface area is 116 Å². The minimum Gasteiger partial charge on any atom is -0.339 e. The highest BCUT2D eigenvalue weighted by molar-refractivity contribution is 5.04. The van der Waals surface area contributed by atoms with Gasteiger partial charge in [-0.3, -0.25) is 0 Å². The minimum atomic E-state index is 0.294. The fourth-order valence-electron chi connectivity index (χ4n) is 3.26. The normalized spacial score (nSPS) is 20.1. The first-order chi connectivity index (χ1) is 9.13. The Balaban J connectivity index is 2.13. The zero-order valence-electron chi connectivity index (χ0n) is 12.6. The van der Waals surface area contributed by atoms with Crippen LogP contribution in [0, 0.1) is 5.92 Å². The molecular formula is C15H27N3O. The first kappa shape index (κ1) is 14.5.